The van der Waals surface area contributed by atoms with Crippen LogP contribution in [0.5, 0.6) is 0 Å². The van der Waals surface area contributed by atoms with E-state index in [1.165, 1.54) is 54.3 Å². The number of nitrogens with one attached hydrogen (secondary N) is 3. The summed E-state index contributed by atoms with van der Waals surface area (Å²) in [7, 11) is -11.4. The minimum atomic E-state index is -2.96. The van der Waals surface area contributed by atoms with Gasteiger partial charge in [-0.25, -0.2) is 47.8 Å². The lowest BCUT2D eigenvalue weighted by Crippen LogP contribution is -2.66. The molecule has 9 aromatic heterocycles. The highest BCUT2D eigenvalue weighted by atomic mass is 28.5. The zero-order valence-corrected chi connectivity index (χ0v) is 79.6. The van der Waals surface area contributed by atoms with Crippen LogP contribution in [-0.4, -0.2) is 279 Å². The van der Waals surface area contributed by atoms with Crippen molar-refractivity contribution in [3.63, 3.8) is 0 Å². The van der Waals surface area contributed by atoms with Crippen LogP contribution in [0.3, 0.4) is 0 Å². The second kappa shape index (κ2) is 35.6. The Labute approximate surface area is 740 Å². The number of aliphatic hydroxyl groups excluding tert-OH is 4. The van der Waals surface area contributed by atoms with Crippen LogP contribution < -0.4 is 33.6 Å². The van der Waals surface area contributed by atoms with E-state index in [1.807, 2.05) is 12.1 Å². The number of nitrogen functional groups attached to an aromatic ring is 4. The fraction of sp³-hybridized carbons (Fsp3) is 0.634. The van der Waals surface area contributed by atoms with Crippen molar-refractivity contribution in [3.8, 4) is 11.4 Å². The van der Waals surface area contributed by atoms with Gasteiger partial charge in [0.25, 0.3) is 0 Å². The highest BCUT2D eigenvalue weighted by molar-refractivity contribution is 6.84. The number of aromatic nitrogens is 14. The first-order valence-electron chi connectivity index (χ1n) is 43.4. The SMILES string of the molecule is CC(C)[Si]1(C(C)C)OC[C@H]2O[C@@H](c3cc(-c4ncc[nH]4)c4c(N)ncnn34)[C@](C)(O)C2O[Si](C(C)C)(C(C)C)O1.CC(C)[Si]1(C(C)C)OC[C@H]2O[C@@H](c3cc(C4=NCCN4)c4c(N)ncnn34)[C@](C)(O)C2O[Si](C(C)C)(C(C)C)O1.C[C@@]1(O)[C@H](O)[C@@H](CO)O[C@H]1c1cc(C2=NCCN2)c2c(N)ncnn12.[C-]#[N+]c1cc([C@@H]2O[C@H](CO)[C@@H](O)[C@@]2(C)O)n2ncnc(N)c12. The molecule has 6 saturated heterocycles. The number of nitrogens with two attached hydrogens (primary N) is 4. The monoisotopic (exact) mass is 1830 g/mol. The Balaban J connectivity index is 0.000000141. The van der Waals surface area contributed by atoms with Gasteiger partial charge in [0.05, 0.1) is 68.9 Å². The number of aliphatic imine (C=N–C) groups is 2. The Bertz CT molecular complexity index is 5530. The molecule has 41 nitrogen and oxygen atoms in total. The van der Waals surface area contributed by atoms with E-state index in [0.29, 0.717) is 86.8 Å². The number of hydrogen-bond donors (Lipinski definition) is 15. The number of anilines is 4. The second-order valence-electron chi connectivity index (χ2n) is 37.3. The number of amidine groups is 2. The highest BCUT2D eigenvalue weighted by Crippen LogP contribution is 2.56. The maximum Gasteiger partial charge on any atom is 0.335 e. The number of H-pyrrole nitrogens is 1. The van der Waals surface area contributed by atoms with Gasteiger partial charge in [-0.1, -0.05) is 111 Å². The van der Waals surface area contributed by atoms with Gasteiger partial charge in [0.1, 0.15) is 166 Å². The zero-order valence-electron chi connectivity index (χ0n) is 75.6. The van der Waals surface area contributed by atoms with Crippen molar-refractivity contribution in [1.29, 1.82) is 0 Å². The number of aliphatic hydroxyl groups is 8. The van der Waals surface area contributed by atoms with Gasteiger partial charge >= 0.3 is 34.2 Å². The summed E-state index contributed by atoms with van der Waals surface area (Å²) in [5.41, 5.74) is 26.4. The van der Waals surface area contributed by atoms with E-state index in [0.717, 1.165) is 30.1 Å². The first-order valence-corrected chi connectivity index (χ1v) is 51.3. The molecule has 127 heavy (non-hydrogen) atoms. The van der Waals surface area contributed by atoms with Gasteiger partial charge in [-0.2, -0.15) is 20.4 Å². The molecule has 0 spiro atoms. The molecule has 0 radical (unpaired) electrons. The number of ether oxygens (including phenoxy) is 4. The van der Waals surface area contributed by atoms with Gasteiger partial charge < -0.3 is 124 Å². The Morgan fingerprint density at radius 2 is 0.780 bits per heavy atom. The van der Waals surface area contributed by atoms with E-state index in [4.69, 9.17) is 74.4 Å². The van der Waals surface area contributed by atoms with Crippen LogP contribution in [0.15, 0.2) is 72.0 Å². The Kier molecular flexibility index (Phi) is 26.5. The van der Waals surface area contributed by atoms with Crippen LogP contribution >= 0.6 is 0 Å². The Hall–Kier alpha value is -8.53. The van der Waals surface area contributed by atoms with Crippen molar-refractivity contribution in [3.05, 3.63) is 107 Å². The average Bonchev–Trinajstić information content (AvgIpc) is 1.58. The molecule has 9 aromatic rings. The first-order chi connectivity index (χ1) is 59.9. The third kappa shape index (κ3) is 16.0. The molecule has 0 bridgehead atoms. The summed E-state index contributed by atoms with van der Waals surface area (Å²) in [6.45, 7) is 51.0. The summed E-state index contributed by atoms with van der Waals surface area (Å²) in [6, 6.07) is 7.11. The van der Waals surface area contributed by atoms with Crippen LogP contribution in [0, 0.1) is 6.57 Å². The van der Waals surface area contributed by atoms with Crippen molar-refractivity contribution in [2.24, 2.45) is 9.98 Å². The molecule has 6 fully saturated rings. The lowest BCUT2D eigenvalue weighted by atomic mass is 9.91. The molecule has 8 aliphatic rings. The minimum Gasteiger partial charge on any atom is -0.414 e. The summed E-state index contributed by atoms with van der Waals surface area (Å²) in [5, 5.41) is 109. The summed E-state index contributed by atoms with van der Waals surface area (Å²) in [6.07, 6.45) is -1.31. The van der Waals surface area contributed by atoms with Gasteiger partial charge in [-0.3, -0.25) is 9.98 Å². The minimum absolute atomic E-state index is 0.126. The maximum atomic E-state index is 12.3. The van der Waals surface area contributed by atoms with Crippen molar-refractivity contribution < 1.29 is 85.7 Å². The Morgan fingerprint density at radius 1 is 0.457 bits per heavy atom. The molecule has 0 aliphatic carbocycles. The van der Waals surface area contributed by atoms with Gasteiger partial charge in [-0.15, -0.1) is 0 Å². The average molecular weight is 1830 g/mol. The van der Waals surface area contributed by atoms with Crippen molar-refractivity contribution >= 4 is 96.9 Å². The molecular weight excluding hydrogens is 1710 g/mol. The second-order valence-corrected chi connectivity index (χ2v) is 55.0. The Morgan fingerprint density at radius 3 is 1.09 bits per heavy atom. The largest absolute Gasteiger partial charge is 0.414 e. The third-order valence-corrected chi connectivity index (χ3v) is 46.8. The van der Waals surface area contributed by atoms with Crippen LogP contribution in [0.2, 0.25) is 44.3 Å². The molecule has 2 unspecified atom stereocenters. The summed E-state index contributed by atoms with van der Waals surface area (Å²) in [5.74, 6) is 3.06. The topological polar surface area (TPSA) is 561 Å². The fourth-order valence-corrected chi connectivity index (χ4v) is 42.2. The number of imidazole rings is 1. The van der Waals surface area contributed by atoms with Crippen molar-refractivity contribution in [1.82, 2.24) is 79.0 Å². The van der Waals surface area contributed by atoms with Crippen LogP contribution in [0.1, 0.15) is 197 Å². The highest BCUT2D eigenvalue weighted by Gasteiger charge is 2.68. The van der Waals surface area contributed by atoms with Crippen molar-refractivity contribution in [2.45, 2.75) is 278 Å². The molecule has 16 atom stereocenters. The lowest BCUT2D eigenvalue weighted by molar-refractivity contribution is -0.0688. The van der Waals surface area contributed by atoms with Crippen molar-refractivity contribution in [2.75, 3.05) is 75.5 Å². The van der Waals surface area contributed by atoms with E-state index in [2.05, 4.69) is 187 Å². The molecule has 0 saturated carbocycles. The van der Waals surface area contributed by atoms with E-state index < -0.39 is 143 Å². The number of hydrogen-bond acceptors (Lipinski definition) is 35. The van der Waals surface area contributed by atoms with Crippen LogP contribution in [-0.2, 0) is 44.9 Å². The van der Waals surface area contributed by atoms with Crippen LogP contribution in [0.25, 0.3) is 38.3 Å². The third-order valence-electron chi connectivity index (χ3n) is 26.3. The number of nitrogens with zero attached hydrogens (tertiary/aromatic N) is 16. The molecule has 8 aliphatic heterocycles. The van der Waals surface area contributed by atoms with Gasteiger partial charge in [0.2, 0.25) is 5.69 Å². The smallest absolute Gasteiger partial charge is 0.335 e. The molecular formula is C82H125N23O18Si4. The number of rotatable bonds is 17. The van der Waals surface area contributed by atoms with Crippen LogP contribution in [0.4, 0.5) is 29.0 Å². The molecule has 17 heterocycles. The van der Waals surface area contributed by atoms with Gasteiger partial charge in [0.15, 0.2) is 17.5 Å². The van der Waals surface area contributed by atoms with E-state index in [-0.39, 0.29) is 74.9 Å². The number of fused-ring (bicyclic) bond motifs is 6. The molecule has 17 rings (SSSR count). The zero-order chi connectivity index (χ0) is 92.2. The van der Waals surface area contributed by atoms with E-state index >= 15 is 0 Å². The van der Waals surface area contributed by atoms with E-state index in [9.17, 15) is 40.9 Å². The fourth-order valence-electron chi connectivity index (χ4n) is 19.6. The molecule has 45 heteroatoms. The van der Waals surface area contributed by atoms with E-state index in [1.54, 1.807) is 41.3 Å². The summed E-state index contributed by atoms with van der Waals surface area (Å²) in [4.78, 5) is 36.3. The quantitative estimate of drug-likeness (QED) is 0.0353. The number of aromatic amines is 1. The molecule has 19 N–H and O–H groups in total. The predicted molar refractivity (Wildman–Crippen MR) is 479 cm³/mol. The summed E-state index contributed by atoms with van der Waals surface area (Å²) >= 11 is 0. The summed E-state index contributed by atoms with van der Waals surface area (Å²) < 4.78 is 73.8. The first kappa shape index (κ1) is 94.6. The lowest BCUT2D eigenvalue weighted by Gasteiger charge is -2.52. The van der Waals surface area contributed by atoms with Gasteiger partial charge in [0, 0.05) is 42.2 Å². The maximum absolute atomic E-state index is 12.3. The predicted octanol–water partition coefficient (Wildman–Crippen LogP) is 6.27. The molecule has 0 amide bonds. The normalized spacial score (nSPS) is 30.3. The van der Waals surface area contributed by atoms with Gasteiger partial charge in [-0.05, 0) is 96.3 Å². The standard InChI is InChI=1S/C27H46N6O5Si2.C27H44N6O5Si2.C15H20N6O4.C13H15N5O4/c2*1-15(2)39(16(3)4)35-13-21-24(37-40(38-39,17(5)6)18(7)8)27(9,34)23(36-21)20-12-19(26-29-10-11-30-26)22-25(28)31-14-32-33(20)22;1-15(24)11(23)9(5-22)25-12(15)8-4-7(14-17-2-3-18-14)10-13(16)19-6-20-21(8)10;1-13(21)10(20)8(4-19)22-11(13)7-3-6(15-2)9-12(14)16-5-17-18(7)9/h12,14-18,21,23-24,34H,10-11,13H2,1-9H3,(H,29,30)(H2,28,31,32);10-12,14-18,21,23-24,34H,13H2,1-9H3,(H,29,30)(H2,28,31,32);4,6,9,11-12,22-24H,2-3,5H2,1H3,(H,17,18)(H2,16,19,20);3,5,8,10-11,19-21H,4H2,1H3,(H2,14,16,17)/t2*21-,23+,24?,27+;9-,11-,12+,15-;8-,10-,11+,13-/m1111/s1. The molecule has 0 aromatic carbocycles. The molecule has 692 valence electrons.